The minimum Gasteiger partial charge on any atom is -0.479 e. The second-order valence-corrected chi connectivity index (χ2v) is 12.4. The summed E-state index contributed by atoms with van der Waals surface area (Å²) in [4.78, 5) is 19.0. The summed E-state index contributed by atoms with van der Waals surface area (Å²) in [5.74, 6) is -0.489. The maximum Gasteiger partial charge on any atom is 0.286 e. The molecule has 0 aliphatic carbocycles. The average molecular weight is 410 g/mol. The first kappa shape index (κ1) is 20.2. The fraction of sp³-hybridized carbons (Fsp3) is 0.474. The Hall–Kier alpha value is -1.59. The Bertz CT molecular complexity index is 870. The minimum atomic E-state index is -2.61. The van der Waals surface area contributed by atoms with Crippen LogP contribution in [-0.2, 0) is 9.36 Å². The van der Waals surface area contributed by atoms with Crippen molar-refractivity contribution in [2.24, 2.45) is 4.99 Å². The van der Waals surface area contributed by atoms with Crippen molar-refractivity contribution >= 4 is 36.1 Å². The SMILES string of the molecule is CC(C)(Oc1cc(F)ccc1/C=C1\SC(N2CCCC2)=NC1=O)P(C)(C)=O. The number of halogens is 1. The van der Waals surface area contributed by atoms with Crippen molar-refractivity contribution < 1.29 is 18.5 Å². The summed E-state index contributed by atoms with van der Waals surface area (Å²) < 4.78 is 32.2. The van der Waals surface area contributed by atoms with Crippen LogP contribution >= 0.6 is 18.9 Å². The van der Waals surface area contributed by atoms with Gasteiger partial charge in [0.05, 0.1) is 4.91 Å². The van der Waals surface area contributed by atoms with Crippen molar-refractivity contribution in [1.29, 1.82) is 0 Å². The molecule has 0 unspecified atom stereocenters. The number of ether oxygens (including phenoxy) is 1. The number of hydrogen-bond donors (Lipinski definition) is 0. The molecule has 1 aromatic rings. The van der Waals surface area contributed by atoms with Gasteiger partial charge < -0.3 is 14.2 Å². The van der Waals surface area contributed by atoms with Crippen molar-refractivity contribution in [3.63, 3.8) is 0 Å². The van der Waals surface area contributed by atoms with E-state index in [0.717, 1.165) is 31.1 Å². The van der Waals surface area contributed by atoms with E-state index in [0.29, 0.717) is 10.5 Å². The topological polar surface area (TPSA) is 59.0 Å². The van der Waals surface area contributed by atoms with Gasteiger partial charge in [0.25, 0.3) is 5.91 Å². The van der Waals surface area contributed by atoms with E-state index in [1.165, 1.54) is 23.9 Å². The number of rotatable bonds is 4. The predicted octanol–water partition coefficient (Wildman–Crippen LogP) is 4.63. The Balaban J connectivity index is 1.88. The van der Waals surface area contributed by atoms with Gasteiger partial charge >= 0.3 is 0 Å². The molecule has 2 aliphatic rings. The molecule has 8 heteroatoms. The summed E-state index contributed by atoms with van der Waals surface area (Å²) in [7, 11) is -2.61. The van der Waals surface area contributed by atoms with Crippen LogP contribution in [0.4, 0.5) is 4.39 Å². The van der Waals surface area contributed by atoms with Crippen molar-refractivity contribution in [3.05, 3.63) is 34.5 Å². The van der Waals surface area contributed by atoms with E-state index in [9.17, 15) is 13.8 Å². The number of carbonyl (C=O) groups excluding carboxylic acids is 1. The van der Waals surface area contributed by atoms with Crippen LogP contribution in [0, 0.1) is 5.82 Å². The van der Waals surface area contributed by atoms with E-state index in [1.807, 2.05) is 0 Å². The van der Waals surface area contributed by atoms with Gasteiger partial charge in [-0.15, -0.1) is 0 Å². The average Bonchev–Trinajstić information content (AvgIpc) is 3.19. The van der Waals surface area contributed by atoms with E-state index in [1.54, 1.807) is 39.3 Å². The van der Waals surface area contributed by atoms with Crippen molar-refractivity contribution in [2.75, 3.05) is 26.4 Å². The first-order valence-electron chi connectivity index (χ1n) is 8.88. The van der Waals surface area contributed by atoms with Crippen LogP contribution in [0.25, 0.3) is 6.08 Å². The second-order valence-electron chi connectivity index (χ2n) is 7.59. The summed E-state index contributed by atoms with van der Waals surface area (Å²) in [6.45, 7) is 8.54. The highest BCUT2D eigenvalue weighted by Gasteiger charge is 2.35. The molecule has 0 saturated carbocycles. The lowest BCUT2D eigenvalue weighted by Gasteiger charge is -2.31. The molecule has 2 heterocycles. The summed E-state index contributed by atoms with van der Waals surface area (Å²) >= 11 is 1.33. The van der Waals surface area contributed by atoms with Crippen molar-refractivity contribution in [1.82, 2.24) is 4.90 Å². The van der Waals surface area contributed by atoms with Crippen LogP contribution in [0.5, 0.6) is 5.75 Å². The number of nitrogens with zero attached hydrogens (tertiary/aromatic N) is 2. The van der Waals surface area contributed by atoms with Crippen LogP contribution < -0.4 is 4.74 Å². The van der Waals surface area contributed by atoms with Crippen molar-refractivity contribution in [3.8, 4) is 5.75 Å². The number of benzene rings is 1. The molecule has 1 aromatic carbocycles. The Labute approximate surface area is 163 Å². The normalized spacial score (nSPS) is 19.7. The Kier molecular flexibility index (Phi) is 5.55. The third-order valence-corrected chi connectivity index (χ3v) is 8.63. The lowest BCUT2D eigenvalue weighted by molar-refractivity contribution is -0.113. The van der Waals surface area contributed by atoms with E-state index >= 15 is 0 Å². The second kappa shape index (κ2) is 7.44. The van der Waals surface area contributed by atoms with Gasteiger partial charge in [0.2, 0.25) is 0 Å². The van der Waals surface area contributed by atoms with Gasteiger partial charge in [0, 0.05) is 24.7 Å². The molecule has 0 radical (unpaired) electrons. The quantitative estimate of drug-likeness (QED) is 0.535. The highest BCUT2D eigenvalue weighted by atomic mass is 32.2. The van der Waals surface area contributed by atoms with Crippen molar-refractivity contribution in [2.45, 2.75) is 32.0 Å². The number of thioether (sulfide) groups is 1. The van der Waals surface area contributed by atoms with Gasteiger partial charge in [-0.25, -0.2) is 4.39 Å². The number of carbonyl (C=O) groups is 1. The zero-order valence-electron chi connectivity index (χ0n) is 16.0. The molecule has 1 fully saturated rings. The van der Waals surface area contributed by atoms with Gasteiger partial charge in [-0.3, -0.25) is 4.79 Å². The highest BCUT2D eigenvalue weighted by Crippen LogP contribution is 2.52. The molecular formula is C19H24FN2O3PS. The van der Waals surface area contributed by atoms with Crippen LogP contribution in [0.2, 0.25) is 0 Å². The molecule has 1 amide bonds. The van der Waals surface area contributed by atoms with E-state index in [-0.39, 0.29) is 11.7 Å². The summed E-state index contributed by atoms with van der Waals surface area (Å²) in [5.41, 5.74) is 0.562. The maximum atomic E-state index is 13.8. The molecule has 5 nitrogen and oxygen atoms in total. The molecule has 3 rings (SSSR count). The molecule has 0 atom stereocenters. The molecule has 0 N–H and O–H groups in total. The van der Waals surface area contributed by atoms with Crippen LogP contribution in [0.1, 0.15) is 32.3 Å². The third-order valence-electron chi connectivity index (χ3n) is 4.90. The van der Waals surface area contributed by atoms with Crippen LogP contribution in [0.15, 0.2) is 28.1 Å². The standard InChI is InChI=1S/C19H24FN2O3PS/c1-19(2,26(3,4)24)25-15-12-14(20)8-7-13(15)11-16-17(23)21-18(27-16)22-9-5-6-10-22/h7-8,11-12H,5-6,9-10H2,1-4H3/b16-11-. The molecule has 146 valence electrons. The predicted molar refractivity (Wildman–Crippen MR) is 109 cm³/mol. The van der Waals surface area contributed by atoms with E-state index < -0.39 is 18.3 Å². The summed E-state index contributed by atoms with van der Waals surface area (Å²) in [6, 6.07) is 4.14. The van der Waals surface area contributed by atoms with Gasteiger partial charge in [0.1, 0.15) is 18.7 Å². The monoisotopic (exact) mass is 410 g/mol. The largest absolute Gasteiger partial charge is 0.479 e. The maximum absolute atomic E-state index is 13.8. The van der Waals surface area contributed by atoms with Crippen LogP contribution in [0.3, 0.4) is 0 Å². The molecule has 0 bridgehead atoms. The number of amides is 1. The molecule has 0 aromatic heterocycles. The lowest BCUT2D eigenvalue weighted by Crippen LogP contribution is -2.27. The molecule has 0 spiro atoms. The van der Waals surface area contributed by atoms with Gasteiger partial charge in [-0.1, -0.05) is 0 Å². The van der Waals surface area contributed by atoms with Crippen LogP contribution in [-0.4, -0.2) is 47.7 Å². The summed E-state index contributed by atoms with van der Waals surface area (Å²) in [6.07, 6.45) is 3.87. The highest BCUT2D eigenvalue weighted by molar-refractivity contribution is 8.18. The number of likely N-dealkylation sites (tertiary alicyclic amines) is 1. The fourth-order valence-corrected chi connectivity index (χ4v) is 3.95. The Morgan fingerprint density at radius 3 is 2.59 bits per heavy atom. The molecule has 2 aliphatic heterocycles. The Morgan fingerprint density at radius 1 is 1.30 bits per heavy atom. The zero-order valence-corrected chi connectivity index (χ0v) is 17.7. The fourth-order valence-electron chi connectivity index (χ4n) is 2.68. The van der Waals surface area contributed by atoms with Gasteiger partial charge in [-0.2, -0.15) is 4.99 Å². The minimum absolute atomic E-state index is 0.263. The Morgan fingerprint density at radius 2 is 1.96 bits per heavy atom. The third kappa shape index (κ3) is 4.46. The molecule has 1 saturated heterocycles. The molecular weight excluding hydrogens is 386 g/mol. The lowest BCUT2D eigenvalue weighted by atomic mass is 10.1. The van der Waals surface area contributed by atoms with E-state index in [2.05, 4.69) is 9.89 Å². The summed E-state index contributed by atoms with van der Waals surface area (Å²) in [5, 5.41) is -0.238. The number of hydrogen-bond acceptors (Lipinski definition) is 5. The van der Waals surface area contributed by atoms with E-state index in [4.69, 9.17) is 4.74 Å². The number of aliphatic imine (C=N–C) groups is 1. The number of amidine groups is 1. The first-order chi connectivity index (χ1) is 12.6. The van der Waals surface area contributed by atoms with Gasteiger partial charge in [-0.05, 0) is 70.0 Å². The zero-order chi connectivity index (χ0) is 19.8. The first-order valence-corrected chi connectivity index (χ1v) is 12.3. The smallest absolute Gasteiger partial charge is 0.286 e. The van der Waals surface area contributed by atoms with Gasteiger partial charge in [0.15, 0.2) is 10.5 Å². The molecule has 27 heavy (non-hydrogen) atoms.